The molecule has 2 aliphatic rings. The number of likely N-dealkylation sites (tertiary alicyclic amines) is 1. The first-order valence-corrected chi connectivity index (χ1v) is 11.5. The van der Waals surface area contributed by atoms with Crippen molar-refractivity contribution in [1.82, 2.24) is 29.9 Å². The molecule has 2 fully saturated rings. The summed E-state index contributed by atoms with van der Waals surface area (Å²) in [5.41, 5.74) is 3.20. The summed E-state index contributed by atoms with van der Waals surface area (Å²) >= 11 is 0. The third kappa shape index (κ3) is 4.59. The van der Waals surface area contributed by atoms with E-state index in [9.17, 15) is 4.79 Å². The van der Waals surface area contributed by atoms with Gasteiger partial charge in [-0.05, 0) is 38.9 Å². The molecule has 9 nitrogen and oxygen atoms in total. The van der Waals surface area contributed by atoms with Crippen molar-refractivity contribution in [3.05, 3.63) is 53.7 Å². The molecule has 0 aromatic carbocycles. The number of hydrogen-bond acceptors (Lipinski definition) is 8. The first-order chi connectivity index (χ1) is 16.1. The van der Waals surface area contributed by atoms with Crippen LogP contribution in [0.1, 0.15) is 40.6 Å². The van der Waals surface area contributed by atoms with Crippen LogP contribution in [0.5, 0.6) is 0 Å². The highest BCUT2D eigenvalue weighted by molar-refractivity contribution is 5.92. The van der Waals surface area contributed by atoms with Gasteiger partial charge < -0.3 is 19.2 Å². The zero-order valence-corrected chi connectivity index (χ0v) is 19.1. The van der Waals surface area contributed by atoms with E-state index in [1.807, 2.05) is 36.2 Å². The molecule has 5 rings (SSSR count). The van der Waals surface area contributed by atoms with Gasteiger partial charge >= 0.3 is 0 Å². The van der Waals surface area contributed by atoms with E-state index in [2.05, 4.69) is 32.0 Å². The van der Waals surface area contributed by atoms with E-state index in [4.69, 9.17) is 9.51 Å². The van der Waals surface area contributed by atoms with Crippen molar-refractivity contribution >= 4 is 11.9 Å². The van der Waals surface area contributed by atoms with Gasteiger partial charge in [0.05, 0.1) is 17.0 Å². The second-order valence-electron chi connectivity index (χ2n) is 8.87. The Balaban J connectivity index is 1.38. The maximum atomic E-state index is 12.8. The Kier molecular flexibility index (Phi) is 6.04. The second kappa shape index (κ2) is 9.27. The van der Waals surface area contributed by atoms with Crippen LogP contribution in [-0.4, -0.2) is 82.1 Å². The first-order valence-electron chi connectivity index (χ1n) is 11.5. The lowest BCUT2D eigenvalue weighted by molar-refractivity contribution is 0.0706. The van der Waals surface area contributed by atoms with Gasteiger partial charge in [-0.25, -0.2) is 9.97 Å². The Morgan fingerprint density at radius 3 is 2.52 bits per heavy atom. The van der Waals surface area contributed by atoms with Gasteiger partial charge in [0.2, 0.25) is 5.95 Å². The molecule has 0 bridgehead atoms. The lowest BCUT2D eigenvalue weighted by Gasteiger charge is -2.34. The number of likely N-dealkylation sites (N-methyl/N-ethyl adjacent to an activating group) is 1. The summed E-state index contributed by atoms with van der Waals surface area (Å²) < 4.78 is 5.58. The molecule has 3 aromatic rings. The minimum absolute atomic E-state index is 0.0130. The van der Waals surface area contributed by atoms with Crippen LogP contribution < -0.4 is 4.90 Å². The maximum Gasteiger partial charge on any atom is 0.272 e. The average Bonchev–Trinajstić information content (AvgIpc) is 3.30. The Morgan fingerprint density at radius 2 is 1.85 bits per heavy atom. The Morgan fingerprint density at radius 1 is 1.06 bits per heavy atom. The van der Waals surface area contributed by atoms with Crippen LogP contribution >= 0.6 is 0 Å². The molecular weight excluding hydrogens is 418 g/mol. The lowest BCUT2D eigenvalue weighted by Crippen LogP contribution is -2.45. The molecule has 0 N–H and O–H groups in total. The molecule has 2 aliphatic heterocycles. The minimum atomic E-state index is -0.0130. The van der Waals surface area contributed by atoms with Gasteiger partial charge in [0.25, 0.3) is 5.91 Å². The van der Waals surface area contributed by atoms with Gasteiger partial charge in [0.1, 0.15) is 5.69 Å². The molecule has 9 heteroatoms. The fraction of sp³-hybridized carbons (Fsp3) is 0.458. The van der Waals surface area contributed by atoms with Gasteiger partial charge in [0, 0.05) is 63.6 Å². The normalized spacial score (nSPS) is 18.0. The molecule has 0 atom stereocenters. The molecule has 0 radical (unpaired) electrons. The molecule has 33 heavy (non-hydrogen) atoms. The van der Waals surface area contributed by atoms with Gasteiger partial charge in [-0.3, -0.25) is 9.78 Å². The van der Waals surface area contributed by atoms with Crippen LogP contribution in [0.15, 0.2) is 41.2 Å². The molecule has 0 unspecified atom stereocenters. The van der Waals surface area contributed by atoms with E-state index < -0.39 is 0 Å². The number of piperazine rings is 1. The van der Waals surface area contributed by atoms with Crippen molar-refractivity contribution in [2.75, 3.05) is 51.2 Å². The van der Waals surface area contributed by atoms with Crippen molar-refractivity contribution in [2.45, 2.75) is 25.7 Å². The van der Waals surface area contributed by atoms with Crippen molar-refractivity contribution in [3.8, 4) is 11.3 Å². The fourth-order valence-corrected chi connectivity index (χ4v) is 4.54. The summed E-state index contributed by atoms with van der Waals surface area (Å²) in [5, 5.41) is 4.06. The quantitative estimate of drug-likeness (QED) is 0.603. The number of carbonyl (C=O) groups excluding carboxylic acids is 1. The van der Waals surface area contributed by atoms with Gasteiger partial charge in [0.15, 0.2) is 5.76 Å². The standard InChI is InChI=1S/C24H29N7O2/c1-17-15-21(33-28-17)19-16-26-24(31-13-11-29(2)12-14-31)27-22(19)18-6-9-30(10-7-18)23(32)20-5-3-4-8-25-20/h3-5,8,15-16,18H,6-7,9-14H2,1-2H3. The van der Waals surface area contributed by atoms with Crippen molar-refractivity contribution in [1.29, 1.82) is 0 Å². The molecule has 1 amide bonds. The summed E-state index contributed by atoms with van der Waals surface area (Å²) in [7, 11) is 2.14. The molecule has 2 saturated heterocycles. The van der Waals surface area contributed by atoms with Crippen molar-refractivity contribution in [3.63, 3.8) is 0 Å². The first kappa shape index (κ1) is 21.5. The molecule has 0 saturated carbocycles. The number of nitrogens with zero attached hydrogens (tertiary/aromatic N) is 7. The van der Waals surface area contributed by atoms with E-state index in [-0.39, 0.29) is 11.8 Å². The number of hydrogen-bond donors (Lipinski definition) is 0. The molecule has 172 valence electrons. The Bertz CT molecular complexity index is 1100. The molecular formula is C24H29N7O2. The molecule has 5 heterocycles. The maximum absolute atomic E-state index is 12.8. The predicted molar refractivity (Wildman–Crippen MR) is 124 cm³/mol. The number of carbonyl (C=O) groups is 1. The smallest absolute Gasteiger partial charge is 0.272 e. The van der Waals surface area contributed by atoms with Gasteiger partial charge in [-0.1, -0.05) is 11.2 Å². The summed E-state index contributed by atoms with van der Waals surface area (Å²) in [6.07, 6.45) is 5.20. The van der Waals surface area contributed by atoms with Crippen LogP contribution in [0.4, 0.5) is 5.95 Å². The van der Waals surface area contributed by atoms with E-state index in [0.717, 1.165) is 61.9 Å². The van der Waals surface area contributed by atoms with Crippen LogP contribution in [0.25, 0.3) is 11.3 Å². The topological polar surface area (TPSA) is 91.5 Å². The number of pyridine rings is 1. The fourth-order valence-electron chi connectivity index (χ4n) is 4.54. The minimum Gasteiger partial charge on any atom is -0.356 e. The number of aromatic nitrogens is 4. The van der Waals surface area contributed by atoms with Crippen LogP contribution in [0.2, 0.25) is 0 Å². The third-order valence-electron chi connectivity index (χ3n) is 6.54. The average molecular weight is 448 g/mol. The molecule has 0 aliphatic carbocycles. The highest BCUT2D eigenvalue weighted by Crippen LogP contribution is 2.35. The lowest BCUT2D eigenvalue weighted by atomic mass is 9.90. The number of amides is 1. The predicted octanol–water partition coefficient (Wildman–Crippen LogP) is 2.61. The number of anilines is 1. The van der Waals surface area contributed by atoms with Crippen molar-refractivity contribution in [2.24, 2.45) is 0 Å². The number of aryl methyl sites for hydroxylation is 1. The number of piperidine rings is 1. The van der Waals surface area contributed by atoms with E-state index in [1.165, 1.54) is 0 Å². The van der Waals surface area contributed by atoms with Gasteiger partial charge in [-0.2, -0.15) is 0 Å². The Hall–Kier alpha value is -3.33. The molecule has 3 aromatic heterocycles. The highest BCUT2D eigenvalue weighted by Gasteiger charge is 2.29. The number of rotatable bonds is 4. The van der Waals surface area contributed by atoms with Crippen LogP contribution in [0.3, 0.4) is 0 Å². The van der Waals surface area contributed by atoms with Crippen LogP contribution in [0, 0.1) is 6.92 Å². The Labute approximate surface area is 193 Å². The van der Waals surface area contributed by atoms with Crippen LogP contribution in [-0.2, 0) is 0 Å². The largest absolute Gasteiger partial charge is 0.356 e. The van der Waals surface area contributed by atoms with E-state index >= 15 is 0 Å². The highest BCUT2D eigenvalue weighted by atomic mass is 16.5. The molecule has 0 spiro atoms. The summed E-state index contributed by atoms with van der Waals surface area (Å²) in [6, 6.07) is 7.37. The van der Waals surface area contributed by atoms with Crippen molar-refractivity contribution < 1.29 is 9.32 Å². The summed E-state index contributed by atoms with van der Waals surface area (Å²) in [4.78, 5) is 33.2. The second-order valence-corrected chi connectivity index (χ2v) is 8.87. The summed E-state index contributed by atoms with van der Waals surface area (Å²) in [5.74, 6) is 1.66. The van der Waals surface area contributed by atoms with Gasteiger partial charge in [-0.15, -0.1) is 0 Å². The van der Waals surface area contributed by atoms with E-state index in [1.54, 1.807) is 12.3 Å². The third-order valence-corrected chi connectivity index (χ3v) is 6.54. The SMILES string of the molecule is Cc1cc(-c2cnc(N3CCN(C)CC3)nc2C2CCN(C(=O)c3ccccn3)CC2)on1. The monoisotopic (exact) mass is 447 g/mol. The van der Waals surface area contributed by atoms with E-state index in [0.29, 0.717) is 24.5 Å². The zero-order valence-electron chi connectivity index (χ0n) is 19.1. The zero-order chi connectivity index (χ0) is 22.8. The summed E-state index contributed by atoms with van der Waals surface area (Å²) in [6.45, 7) is 7.06.